The maximum absolute atomic E-state index is 2.50. The van der Waals surface area contributed by atoms with Gasteiger partial charge in [-0.25, -0.2) is 0 Å². The predicted octanol–water partition coefficient (Wildman–Crippen LogP) is -6.64. The standard InChI is InChI=1S/C19H22.4ClH.Zr/c1-4-14-13-18(17-12-8-7-11-16(14)17)19(2,3)15-9-5-6-10-15;;;;;/h5-13,15,18H,4H2,1-3H3;4*1H;/q;;;;;+4/p-4. The summed E-state index contributed by atoms with van der Waals surface area (Å²) in [5, 5.41) is 0. The third kappa shape index (κ3) is 5.24. The van der Waals surface area contributed by atoms with Crippen molar-refractivity contribution in [2.45, 2.75) is 33.1 Å². The van der Waals surface area contributed by atoms with E-state index >= 15 is 0 Å². The van der Waals surface area contributed by atoms with Crippen molar-refractivity contribution in [1.82, 2.24) is 0 Å². The third-order valence-electron chi connectivity index (χ3n) is 4.80. The van der Waals surface area contributed by atoms with E-state index in [4.69, 9.17) is 0 Å². The Balaban J connectivity index is -0.000000882. The molecule has 5 heteroatoms. The summed E-state index contributed by atoms with van der Waals surface area (Å²) in [4.78, 5) is 0. The van der Waals surface area contributed by atoms with Crippen molar-refractivity contribution in [3.05, 3.63) is 65.8 Å². The second kappa shape index (κ2) is 12.0. The maximum Gasteiger partial charge on any atom is 4.00 e. The fourth-order valence-corrected chi connectivity index (χ4v) is 3.50. The molecule has 0 fully saturated rings. The SMILES string of the molecule is CCC1=CC(C(C)(C)C2C=CC=C2)c2ccccc21.[Cl-].[Cl-].[Cl-].[Cl-].[Zr+4]. The molecule has 2 aliphatic carbocycles. The molecule has 0 amide bonds. The summed E-state index contributed by atoms with van der Waals surface area (Å²) >= 11 is 0. The maximum atomic E-state index is 2.50. The summed E-state index contributed by atoms with van der Waals surface area (Å²) in [5.74, 6) is 1.06. The first kappa shape index (κ1) is 29.3. The second-order valence-corrected chi connectivity index (χ2v) is 6.23. The van der Waals surface area contributed by atoms with E-state index in [1.807, 2.05) is 0 Å². The average Bonchev–Trinajstić information content (AvgIpc) is 3.07. The van der Waals surface area contributed by atoms with Crippen LogP contribution >= 0.6 is 0 Å². The molecule has 0 heterocycles. The van der Waals surface area contributed by atoms with Gasteiger partial charge in [-0.1, -0.05) is 75.4 Å². The first-order valence-corrected chi connectivity index (χ1v) is 7.29. The van der Waals surface area contributed by atoms with E-state index in [9.17, 15) is 0 Å². The van der Waals surface area contributed by atoms with Gasteiger partial charge in [0.25, 0.3) is 0 Å². The summed E-state index contributed by atoms with van der Waals surface area (Å²) in [6.07, 6.45) is 12.7. The molecule has 0 N–H and O–H groups in total. The molecule has 0 aliphatic heterocycles. The van der Waals surface area contributed by atoms with Gasteiger partial charge >= 0.3 is 26.2 Å². The van der Waals surface area contributed by atoms with Gasteiger partial charge in [-0.3, -0.25) is 0 Å². The molecule has 1 aromatic rings. The van der Waals surface area contributed by atoms with Gasteiger partial charge in [0.2, 0.25) is 0 Å². The Morgan fingerprint density at radius 3 is 2.00 bits per heavy atom. The predicted molar refractivity (Wildman–Crippen MR) is 83.0 cm³/mol. The number of benzene rings is 1. The van der Waals surface area contributed by atoms with Crippen LogP contribution < -0.4 is 49.6 Å². The van der Waals surface area contributed by atoms with Crippen LogP contribution in [0.1, 0.15) is 44.2 Å². The van der Waals surface area contributed by atoms with E-state index in [0.717, 1.165) is 6.42 Å². The van der Waals surface area contributed by atoms with E-state index in [1.54, 1.807) is 0 Å². The number of hydrogen-bond acceptors (Lipinski definition) is 0. The minimum Gasteiger partial charge on any atom is -1.00 e. The summed E-state index contributed by atoms with van der Waals surface area (Å²) in [5.41, 5.74) is 4.72. The van der Waals surface area contributed by atoms with Crippen LogP contribution in [0.2, 0.25) is 0 Å². The number of rotatable bonds is 3. The van der Waals surface area contributed by atoms with Crippen LogP contribution in [0, 0.1) is 11.3 Å². The quantitative estimate of drug-likeness (QED) is 0.402. The fourth-order valence-electron chi connectivity index (χ4n) is 3.50. The van der Waals surface area contributed by atoms with E-state index in [-0.39, 0.29) is 81.2 Å². The van der Waals surface area contributed by atoms with Crippen molar-refractivity contribution in [3.8, 4) is 0 Å². The minimum absolute atomic E-state index is 0. The molecule has 2 aliphatic rings. The molecule has 0 nitrogen and oxygen atoms in total. The Kier molecular flexibility index (Phi) is 14.6. The van der Waals surface area contributed by atoms with Crippen molar-refractivity contribution in [1.29, 1.82) is 0 Å². The van der Waals surface area contributed by atoms with Gasteiger partial charge < -0.3 is 49.6 Å². The molecule has 0 spiro atoms. The van der Waals surface area contributed by atoms with Crippen LogP contribution in [-0.2, 0) is 26.2 Å². The van der Waals surface area contributed by atoms with Crippen LogP contribution in [0.25, 0.3) is 5.57 Å². The molecule has 1 aromatic carbocycles. The molecule has 0 saturated carbocycles. The van der Waals surface area contributed by atoms with E-state index in [0.29, 0.717) is 11.8 Å². The number of halogens is 4. The zero-order chi connectivity index (χ0) is 13.5. The van der Waals surface area contributed by atoms with Gasteiger partial charge in [-0.05, 0) is 28.5 Å². The van der Waals surface area contributed by atoms with Crippen molar-refractivity contribution < 1.29 is 75.8 Å². The third-order valence-corrected chi connectivity index (χ3v) is 4.80. The van der Waals surface area contributed by atoms with Crippen molar-refractivity contribution >= 4 is 5.57 Å². The minimum atomic E-state index is 0. The van der Waals surface area contributed by atoms with Gasteiger partial charge in [-0.15, -0.1) is 0 Å². The number of allylic oxidation sites excluding steroid dienone is 6. The van der Waals surface area contributed by atoms with E-state index < -0.39 is 0 Å². The van der Waals surface area contributed by atoms with Crippen LogP contribution in [0.4, 0.5) is 0 Å². The first-order chi connectivity index (χ1) is 9.14. The molecule has 0 radical (unpaired) electrons. The molecular weight excluding hydrogens is 461 g/mol. The normalized spacial score (nSPS) is 17.3. The summed E-state index contributed by atoms with van der Waals surface area (Å²) in [6.45, 7) is 7.05. The Bertz CT molecular complexity index is 579. The Labute approximate surface area is 190 Å². The summed E-state index contributed by atoms with van der Waals surface area (Å²) in [6, 6.07) is 8.92. The van der Waals surface area contributed by atoms with E-state index in [1.165, 1.54) is 16.7 Å². The van der Waals surface area contributed by atoms with Crippen molar-refractivity contribution in [2.75, 3.05) is 0 Å². The molecule has 130 valence electrons. The first-order valence-electron chi connectivity index (χ1n) is 7.29. The zero-order valence-corrected chi connectivity index (χ0v) is 19.6. The number of fused-ring (bicyclic) bond motifs is 1. The van der Waals surface area contributed by atoms with Crippen LogP contribution in [0.5, 0.6) is 0 Å². The molecule has 1 atom stereocenters. The van der Waals surface area contributed by atoms with E-state index in [2.05, 4.69) is 75.4 Å². The molecular formula is C19H22Cl4Zr. The fraction of sp³-hybridized carbons (Fsp3) is 0.368. The Morgan fingerprint density at radius 1 is 0.917 bits per heavy atom. The smallest absolute Gasteiger partial charge is 1.00 e. The Morgan fingerprint density at radius 2 is 1.46 bits per heavy atom. The van der Waals surface area contributed by atoms with Crippen molar-refractivity contribution in [2.24, 2.45) is 11.3 Å². The molecule has 0 saturated heterocycles. The largest absolute Gasteiger partial charge is 4.00 e. The van der Waals surface area contributed by atoms with Crippen molar-refractivity contribution in [3.63, 3.8) is 0 Å². The van der Waals surface area contributed by atoms with Crippen LogP contribution in [-0.4, -0.2) is 0 Å². The summed E-state index contributed by atoms with van der Waals surface area (Å²) < 4.78 is 0. The second-order valence-electron chi connectivity index (χ2n) is 6.23. The van der Waals surface area contributed by atoms with Gasteiger partial charge in [0.15, 0.2) is 0 Å². The molecule has 24 heavy (non-hydrogen) atoms. The van der Waals surface area contributed by atoms with Crippen LogP contribution in [0.15, 0.2) is 54.6 Å². The van der Waals surface area contributed by atoms with Gasteiger partial charge in [0.05, 0.1) is 0 Å². The van der Waals surface area contributed by atoms with Gasteiger partial charge in [0.1, 0.15) is 0 Å². The number of hydrogen-bond donors (Lipinski definition) is 0. The van der Waals surface area contributed by atoms with Gasteiger partial charge in [0, 0.05) is 11.8 Å². The molecule has 0 bridgehead atoms. The van der Waals surface area contributed by atoms with Gasteiger partial charge in [-0.2, -0.15) is 0 Å². The summed E-state index contributed by atoms with van der Waals surface area (Å²) in [7, 11) is 0. The Hall–Kier alpha value is 0.483. The molecule has 1 unspecified atom stereocenters. The van der Waals surface area contributed by atoms with Crippen LogP contribution in [0.3, 0.4) is 0 Å². The average molecular weight is 483 g/mol. The molecule has 0 aromatic heterocycles. The monoisotopic (exact) mass is 480 g/mol. The topological polar surface area (TPSA) is 0 Å². The zero-order valence-electron chi connectivity index (χ0n) is 14.1. The molecule has 3 rings (SSSR count).